The van der Waals surface area contributed by atoms with Crippen LogP contribution in [0.1, 0.15) is 12.8 Å². The van der Waals surface area contributed by atoms with Crippen LogP contribution in [0.2, 0.25) is 0 Å². The number of sulfonamides is 1. The number of nitrogens with one attached hydrogen (secondary N) is 2. The van der Waals surface area contributed by atoms with Crippen LogP contribution in [0.3, 0.4) is 0 Å². The number of urea groups is 1. The van der Waals surface area contributed by atoms with Gasteiger partial charge in [-0.1, -0.05) is 0 Å². The summed E-state index contributed by atoms with van der Waals surface area (Å²) in [5.74, 6) is -2.05. The molecular weight excluding hydrogens is 316 g/mol. The van der Waals surface area contributed by atoms with Crippen molar-refractivity contribution in [2.45, 2.75) is 18.9 Å². The van der Waals surface area contributed by atoms with E-state index in [9.17, 15) is 22.0 Å². The minimum atomic E-state index is -3.29. The highest BCUT2D eigenvalue weighted by molar-refractivity contribution is 7.88. The first kappa shape index (κ1) is 16.6. The normalized spacial score (nSPS) is 19.7. The second kappa shape index (κ2) is 6.57. The van der Waals surface area contributed by atoms with Crippen molar-refractivity contribution < 1.29 is 22.0 Å². The molecule has 0 saturated carbocycles. The number of anilines is 1. The minimum absolute atomic E-state index is 0.118. The Balaban J connectivity index is 1.92. The van der Waals surface area contributed by atoms with Crippen LogP contribution in [0, 0.1) is 11.6 Å². The molecule has 2 rings (SSSR count). The van der Waals surface area contributed by atoms with E-state index in [-0.39, 0.29) is 18.3 Å². The molecule has 1 aliphatic heterocycles. The first-order valence-corrected chi connectivity index (χ1v) is 8.58. The highest BCUT2D eigenvalue weighted by Gasteiger charge is 2.26. The van der Waals surface area contributed by atoms with Crippen LogP contribution in [0.5, 0.6) is 0 Å². The van der Waals surface area contributed by atoms with Gasteiger partial charge >= 0.3 is 6.03 Å². The maximum Gasteiger partial charge on any atom is 0.319 e. The van der Waals surface area contributed by atoms with Gasteiger partial charge in [0.25, 0.3) is 0 Å². The Morgan fingerprint density at radius 3 is 2.68 bits per heavy atom. The van der Waals surface area contributed by atoms with Gasteiger partial charge in [0.2, 0.25) is 10.0 Å². The zero-order chi connectivity index (χ0) is 16.3. The number of benzene rings is 1. The topological polar surface area (TPSA) is 78.5 Å². The molecule has 22 heavy (non-hydrogen) atoms. The van der Waals surface area contributed by atoms with Crippen LogP contribution in [-0.2, 0) is 10.0 Å². The predicted octanol–water partition coefficient (Wildman–Crippen LogP) is 1.51. The van der Waals surface area contributed by atoms with Crippen LogP contribution < -0.4 is 10.6 Å². The zero-order valence-electron chi connectivity index (χ0n) is 12.0. The third-order valence-electron chi connectivity index (χ3n) is 3.37. The van der Waals surface area contributed by atoms with E-state index in [0.29, 0.717) is 19.4 Å². The lowest BCUT2D eigenvalue weighted by Gasteiger charge is -2.31. The molecule has 1 heterocycles. The Morgan fingerprint density at radius 2 is 2.05 bits per heavy atom. The molecule has 1 aromatic carbocycles. The lowest BCUT2D eigenvalue weighted by atomic mass is 10.1. The monoisotopic (exact) mass is 333 g/mol. The van der Waals surface area contributed by atoms with Crippen LogP contribution in [-0.4, -0.2) is 44.1 Å². The molecule has 0 radical (unpaired) electrons. The van der Waals surface area contributed by atoms with Gasteiger partial charge < -0.3 is 10.6 Å². The standard InChI is InChI=1S/C13H17F2N3O3S/c1-22(20,21)18-6-2-3-10(8-18)17-13(19)16-9-4-5-11(14)12(15)7-9/h4-5,7,10H,2-3,6,8H2,1H3,(H2,16,17,19)/t10-/m0/s1. The predicted molar refractivity (Wildman–Crippen MR) is 78.0 cm³/mol. The van der Waals surface area contributed by atoms with Gasteiger partial charge in [-0.25, -0.2) is 26.3 Å². The summed E-state index contributed by atoms with van der Waals surface area (Å²) in [7, 11) is -3.29. The molecule has 0 bridgehead atoms. The van der Waals surface area contributed by atoms with Crippen molar-refractivity contribution in [3.63, 3.8) is 0 Å². The molecule has 2 amide bonds. The summed E-state index contributed by atoms with van der Waals surface area (Å²) in [4.78, 5) is 11.8. The fraction of sp³-hybridized carbons (Fsp3) is 0.462. The average Bonchev–Trinajstić information content (AvgIpc) is 2.42. The molecule has 9 heteroatoms. The molecule has 1 saturated heterocycles. The van der Waals surface area contributed by atoms with Crippen LogP contribution in [0.15, 0.2) is 18.2 Å². The Kier molecular flexibility index (Phi) is 4.97. The molecule has 2 N–H and O–H groups in total. The second-order valence-electron chi connectivity index (χ2n) is 5.19. The average molecular weight is 333 g/mol. The van der Waals surface area contributed by atoms with Gasteiger partial charge in [0.15, 0.2) is 11.6 Å². The zero-order valence-corrected chi connectivity index (χ0v) is 12.8. The van der Waals surface area contributed by atoms with Crippen molar-refractivity contribution >= 4 is 21.7 Å². The van der Waals surface area contributed by atoms with Gasteiger partial charge in [-0.3, -0.25) is 0 Å². The summed E-state index contributed by atoms with van der Waals surface area (Å²) < 4.78 is 50.1. The number of rotatable bonds is 3. The molecule has 6 nitrogen and oxygen atoms in total. The molecule has 1 aliphatic rings. The van der Waals surface area contributed by atoms with E-state index in [0.717, 1.165) is 18.4 Å². The van der Waals surface area contributed by atoms with Crippen molar-refractivity contribution in [2.75, 3.05) is 24.7 Å². The number of piperidine rings is 1. The Morgan fingerprint density at radius 1 is 1.32 bits per heavy atom. The SMILES string of the molecule is CS(=O)(=O)N1CCC[C@H](NC(=O)Nc2ccc(F)c(F)c2)C1. The molecule has 0 unspecified atom stereocenters. The molecular formula is C13H17F2N3O3S. The summed E-state index contributed by atoms with van der Waals surface area (Å²) in [5.41, 5.74) is 0.118. The number of amides is 2. The molecule has 1 atom stereocenters. The van der Waals surface area contributed by atoms with Crippen molar-refractivity contribution in [3.05, 3.63) is 29.8 Å². The Hall–Kier alpha value is -1.74. The molecule has 0 aliphatic carbocycles. The van der Waals surface area contributed by atoms with Crippen LogP contribution in [0.4, 0.5) is 19.3 Å². The number of halogens is 2. The van der Waals surface area contributed by atoms with Gasteiger partial charge in [0.1, 0.15) is 0 Å². The number of hydrogen-bond acceptors (Lipinski definition) is 3. The lowest BCUT2D eigenvalue weighted by Crippen LogP contribution is -2.50. The maximum atomic E-state index is 13.1. The van der Waals surface area contributed by atoms with E-state index in [1.54, 1.807) is 0 Å². The number of carbonyl (C=O) groups is 1. The molecule has 1 fully saturated rings. The van der Waals surface area contributed by atoms with Crippen molar-refractivity contribution in [1.29, 1.82) is 0 Å². The van der Waals surface area contributed by atoms with E-state index in [2.05, 4.69) is 10.6 Å². The highest BCUT2D eigenvalue weighted by Crippen LogP contribution is 2.15. The van der Waals surface area contributed by atoms with E-state index in [4.69, 9.17) is 0 Å². The third kappa shape index (κ3) is 4.38. The first-order valence-electron chi connectivity index (χ1n) is 6.73. The van der Waals surface area contributed by atoms with Gasteiger partial charge in [-0.15, -0.1) is 0 Å². The number of carbonyl (C=O) groups excluding carboxylic acids is 1. The van der Waals surface area contributed by atoms with Crippen molar-refractivity contribution in [1.82, 2.24) is 9.62 Å². The van der Waals surface area contributed by atoms with Gasteiger partial charge in [-0.2, -0.15) is 0 Å². The highest BCUT2D eigenvalue weighted by atomic mass is 32.2. The Labute approximate surface area is 127 Å². The van der Waals surface area contributed by atoms with Gasteiger partial charge in [0.05, 0.1) is 6.26 Å². The van der Waals surface area contributed by atoms with E-state index < -0.39 is 27.7 Å². The summed E-state index contributed by atoms with van der Waals surface area (Å²) in [6.07, 6.45) is 2.41. The smallest absolute Gasteiger partial charge is 0.319 e. The minimum Gasteiger partial charge on any atom is -0.334 e. The number of nitrogens with zero attached hydrogens (tertiary/aromatic N) is 1. The fourth-order valence-electron chi connectivity index (χ4n) is 2.29. The second-order valence-corrected chi connectivity index (χ2v) is 7.17. The first-order chi connectivity index (χ1) is 10.3. The lowest BCUT2D eigenvalue weighted by molar-refractivity contribution is 0.236. The van der Waals surface area contributed by atoms with Crippen LogP contribution >= 0.6 is 0 Å². The summed E-state index contributed by atoms with van der Waals surface area (Å²) in [6.45, 7) is 0.631. The summed E-state index contributed by atoms with van der Waals surface area (Å²) in [5, 5.41) is 5.02. The van der Waals surface area contributed by atoms with E-state index in [1.165, 1.54) is 10.4 Å². The quantitative estimate of drug-likeness (QED) is 0.880. The van der Waals surface area contributed by atoms with Gasteiger partial charge in [-0.05, 0) is 25.0 Å². The Bertz CT molecular complexity index is 666. The summed E-state index contributed by atoms with van der Waals surface area (Å²) in [6, 6.07) is 2.11. The maximum absolute atomic E-state index is 13.1. The fourth-order valence-corrected chi connectivity index (χ4v) is 3.20. The van der Waals surface area contributed by atoms with Crippen molar-refractivity contribution in [3.8, 4) is 0 Å². The molecule has 1 aromatic rings. The largest absolute Gasteiger partial charge is 0.334 e. The van der Waals surface area contributed by atoms with Gasteiger partial charge in [0, 0.05) is 30.9 Å². The van der Waals surface area contributed by atoms with E-state index in [1.807, 2.05) is 0 Å². The molecule has 122 valence electrons. The van der Waals surface area contributed by atoms with Crippen molar-refractivity contribution in [2.24, 2.45) is 0 Å². The van der Waals surface area contributed by atoms with Crippen LogP contribution in [0.25, 0.3) is 0 Å². The third-order valence-corrected chi connectivity index (χ3v) is 4.64. The van der Waals surface area contributed by atoms with E-state index >= 15 is 0 Å². The number of hydrogen-bond donors (Lipinski definition) is 2. The molecule has 0 aromatic heterocycles. The molecule has 0 spiro atoms. The summed E-state index contributed by atoms with van der Waals surface area (Å²) >= 11 is 0.